The van der Waals surface area contributed by atoms with Gasteiger partial charge in [-0.05, 0) is 24.3 Å². The number of hydrogen-bond donors (Lipinski definition) is 1. The molecule has 2 heterocycles. The summed E-state index contributed by atoms with van der Waals surface area (Å²) < 4.78 is 95.9. The zero-order chi connectivity index (χ0) is 20.3. The van der Waals surface area contributed by atoms with Gasteiger partial charge in [0.2, 0.25) is 5.16 Å². The molecule has 11 heteroatoms. The molecule has 0 amide bonds. The summed E-state index contributed by atoms with van der Waals surface area (Å²) in [7, 11) is -5.82. The summed E-state index contributed by atoms with van der Waals surface area (Å²) in [5.41, 5.74) is 0.155. The topological polar surface area (TPSA) is 72.0 Å². The molecule has 0 unspecified atom stereocenters. The fourth-order valence-electron chi connectivity index (χ4n) is 2.77. The minimum atomic E-state index is -5.82. The van der Waals surface area contributed by atoms with E-state index in [1.807, 2.05) is 0 Å². The molecule has 0 fully saturated rings. The highest BCUT2D eigenvalue weighted by Crippen LogP contribution is 2.46. The van der Waals surface area contributed by atoms with Gasteiger partial charge in [0.05, 0.1) is 5.69 Å². The molecule has 0 radical (unpaired) electrons. The molecule has 1 N–H and O–H groups in total. The smallest absolute Gasteiger partial charge is 0.411 e. The standard InChI is InChI=1S/C17H9F5N2O3S/c18-8-5-6-10-12(7-8)27-11-4-2-1-3-9(11)13-14(10)24-16(23-13)28(25,26)17(21,22)15(19)20/h1-7,15H,(H,23,24). The summed E-state index contributed by atoms with van der Waals surface area (Å²) in [5, 5.41) is -6.67. The number of sulfone groups is 1. The van der Waals surface area contributed by atoms with Gasteiger partial charge in [0.1, 0.15) is 23.0 Å². The van der Waals surface area contributed by atoms with Crippen molar-refractivity contribution < 1.29 is 35.1 Å². The minimum absolute atomic E-state index is 0.0283. The van der Waals surface area contributed by atoms with Gasteiger partial charge in [-0.1, -0.05) is 12.1 Å². The minimum Gasteiger partial charge on any atom is -0.456 e. The first kappa shape index (κ1) is 18.4. The Morgan fingerprint density at radius 3 is 2.46 bits per heavy atom. The largest absolute Gasteiger partial charge is 0.456 e. The van der Waals surface area contributed by atoms with Crippen LogP contribution in [0.3, 0.4) is 0 Å². The van der Waals surface area contributed by atoms with Crippen LogP contribution >= 0.6 is 0 Å². The van der Waals surface area contributed by atoms with Crippen molar-refractivity contribution in [2.45, 2.75) is 16.8 Å². The number of aromatic amines is 1. The van der Waals surface area contributed by atoms with Crippen molar-refractivity contribution >= 4 is 9.84 Å². The van der Waals surface area contributed by atoms with Crippen LogP contribution in [-0.4, -0.2) is 30.1 Å². The van der Waals surface area contributed by atoms with Gasteiger partial charge in [0.25, 0.3) is 9.84 Å². The molecule has 0 atom stereocenters. The Hall–Kier alpha value is -2.95. The van der Waals surface area contributed by atoms with E-state index in [4.69, 9.17) is 4.74 Å². The summed E-state index contributed by atoms with van der Waals surface area (Å²) in [6.07, 6.45) is -4.44. The molecule has 3 aromatic rings. The van der Waals surface area contributed by atoms with Gasteiger partial charge in [-0.15, -0.1) is 0 Å². The molecule has 5 nitrogen and oxygen atoms in total. The zero-order valence-corrected chi connectivity index (χ0v) is 14.4. The summed E-state index contributed by atoms with van der Waals surface area (Å²) in [6, 6.07) is 9.38. The van der Waals surface area contributed by atoms with Gasteiger partial charge >= 0.3 is 11.7 Å². The monoisotopic (exact) mass is 416 g/mol. The zero-order valence-electron chi connectivity index (χ0n) is 13.6. The van der Waals surface area contributed by atoms with Crippen LogP contribution in [0.15, 0.2) is 47.6 Å². The van der Waals surface area contributed by atoms with Gasteiger partial charge in [0.15, 0.2) is 0 Å². The van der Waals surface area contributed by atoms with Gasteiger partial charge in [0, 0.05) is 17.2 Å². The number of hydrogen-bond acceptors (Lipinski definition) is 4. The lowest BCUT2D eigenvalue weighted by atomic mass is 10.1. The fourth-order valence-corrected chi connectivity index (χ4v) is 3.71. The van der Waals surface area contributed by atoms with Crippen molar-refractivity contribution in [3.63, 3.8) is 0 Å². The van der Waals surface area contributed by atoms with E-state index in [0.717, 1.165) is 12.1 Å². The predicted octanol–water partition coefficient (Wildman–Crippen LogP) is 4.62. The van der Waals surface area contributed by atoms with Crippen molar-refractivity contribution in [2.24, 2.45) is 0 Å². The highest BCUT2D eigenvalue weighted by Gasteiger charge is 2.56. The molecule has 1 aliphatic heterocycles. The highest BCUT2D eigenvalue weighted by atomic mass is 32.2. The van der Waals surface area contributed by atoms with E-state index in [9.17, 15) is 30.4 Å². The number of nitrogens with zero attached hydrogens (tertiary/aromatic N) is 1. The molecule has 1 aromatic heterocycles. The molecular weight excluding hydrogens is 407 g/mol. The van der Waals surface area contributed by atoms with Gasteiger partial charge < -0.3 is 9.72 Å². The van der Waals surface area contributed by atoms with E-state index in [1.54, 1.807) is 12.1 Å². The Balaban J connectivity index is 2.01. The average molecular weight is 416 g/mol. The number of rotatable bonds is 3. The summed E-state index contributed by atoms with van der Waals surface area (Å²) in [4.78, 5) is 5.84. The first-order valence-electron chi connectivity index (χ1n) is 7.70. The Labute approximate surface area is 154 Å². The molecule has 1 aliphatic rings. The lowest BCUT2D eigenvalue weighted by Crippen LogP contribution is -2.37. The van der Waals surface area contributed by atoms with Gasteiger partial charge in [-0.2, -0.15) is 8.78 Å². The quantitative estimate of drug-likeness (QED) is 0.495. The number of nitrogens with one attached hydrogen (secondary N) is 1. The summed E-state index contributed by atoms with van der Waals surface area (Å²) in [6.45, 7) is 0. The van der Waals surface area contributed by atoms with E-state index >= 15 is 0 Å². The van der Waals surface area contributed by atoms with Crippen LogP contribution in [0.5, 0.6) is 11.5 Å². The summed E-state index contributed by atoms with van der Waals surface area (Å²) >= 11 is 0. The number of para-hydroxylation sites is 1. The SMILES string of the molecule is O=S(=O)(c1nc2c([nH]1)-c1ccc(F)cc1Oc1ccccc1-2)C(F)(F)C(F)F. The first-order chi connectivity index (χ1) is 13.1. The van der Waals surface area contributed by atoms with Crippen LogP contribution < -0.4 is 4.74 Å². The average Bonchev–Trinajstić information content (AvgIpc) is 3.03. The number of benzene rings is 2. The number of ether oxygens (including phenoxy) is 1. The van der Waals surface area contributed by atoms with E-state index in [-0.39, 0.29) is 34.0 Å². The molecule has 0 aliphatic carbocycles. The number of alkyl halides is 4. The van der Waals surface area contributed by atoms with Crippen LogP contribution in [0.25, 0.3) is 22.5 Å². The van der Waals surface area contributed by atoms with Crippen molar-refractivity contribution in [3.8, 4) is 34.0 Å². The second-order valence-electron chi connectivity index (χ2n) is 5.87. The van der Waals surface area contributed by atoms with Crippen molar-refractivity contribution in [2.75, 3.05) is 0 Å². The highest BCUT2D eigenvalue weighted by molar-refractivity contribution is 7.92. The van der Waals surface area contributed by atoms with Crippen LogP contribution in [0, 0.1) is 5.82 Å². The number of H-pyrrole nitrogens is 1. The predicted molar refractivity (Wildman–Crippen MR) is 87.6 cm³/mol. The molecular formula is C17H9F5N2O3S. The van der Waals surface area contributed by atoms with Crippen molar-refractivity contribution in [3.05, 3.63) is 48.3 Å². The van der Waals surface area contributed by atoms with Crippen LogP contribution in [0.1, 0.15) is 0 Å². The third-order valence-electron chi connectivity index (χ3n) is 4.12. The number of imidazole rings is 1. The number of aromatic nitrogens is 2. The van der Waals surface area contributed by atoms with Gasteiger partial charge in [-0.3, -0.25) is 0 Å². The van der Waals surface area contributed by atoms with E-state index in [1.165, 1.54) is 18.2 Å². The third-order valence-corrected chi connectivity index (χ3v) is 5.72. The summed E-state index contributed by atoms with van der Waals surface area (Å²) in [5.74, 6) is -0.528. The Kier molecular flexibility index (Phi) is 3.96. The van der Waals surface area contributed by atoms with Crippen molar-refractivity contribution in [1.29, 1.82) is 0 Å². The van der Waals surface area contributed by atoms with Crippen LogP contribution in [-0.2, 0) is 9.84 Å². The lowest BCUT2D eigenvalue weighted by Gasteiger charge is -2.14. The lowest BCUT2D eigenvalue weighted by molar-refractivity contribution is -0.0639. The van der Waals surface area contributed by atoms with E-state index in [0.29, 0.717) is 0 Å². The Morgan fingerprint density at radius 2 is 1.75 bits per heavy atom. The normalized spacial score (nSPS) is 13.4. The van der Waals surface area contributed by atoms with Crippen LogP contribution in [0.2, 0.25) is 0 Å². The molecule has 4 rings (SSSR count). The Bertz CT molecular complexity index is 1190. The number of fused-ring (bicyclic) bond motifs is 5. The number of halogens is 5. The van der Waals surface area contributed by atoms with Gasteiger partial charge in [-0.25, -0.2) is 26.6 Å². The van der Waals surface area contributed by atoms with E-state index < -0.39 is 32.5 Å². The maximum atomic E-state index is 13.6. The third kappa shape index (κ3) is 2.57. The molecule has 28 heavy (non-hydrogen) atoms. The fraction of sp³-hybridized carbons (Fsp3) is 0.118. The Morgan fingerprint density at radius 1 is 1.04 bits per heavy atom. The first-order valence-corrected chi connectivity index (χ1v) is 9.19. The molecule has 0 saturated heterocycles. The van der Waals surface area contributed by atoms with E-state index in [2.05, 4.69) is 9.97 Å². The van der Waals surface area contributed by atoms with Crippen molar-refractivity contribution in [1.82, 2.24) is 9.97 Å². The molecule has 0 bridgehead atoms. The second kappa shape index (κ2) is 6.03. The molecule has 0 saturated carbocycles. The molecule has 146 valence electrons. The molecule has 0 spiro atoms. The maximum Gasteiger partial charge on any atom is 0.411 e. The maximum absolute atomic E-state index is 13.6. The molecule has 2 aromatic carbocycles. The second-order valence-corrected chi connectivity index (χ2v) is 7.81. The van der Waals surface area contributed by atoms with Crippen LogP contribution in [0.4, 0.5) is 22.0 Å².